The highest BCUT2D eigenvalue weighted by Gasteiger charge is 2.35. The van der Waals surface area contributed by atoms with Crippen LogP contribution in [-0.2, 0) is 9.59 Å². The maximum absolute atomic E-state index is 12.1. The molecule has 0 bridgehead atoms. The van der Waals surface area contributed by atoms with Crippen molar-refractivity contribution < 1.29 is 9.59 Å². The minimum Gasteiger partial charge on any atom is -0.351 e. The lowest BCUT2D eigenvalue weighted by Crippen LogP contribution is -2.44. The molecule has 1 aromatic carbocycles. The monoisotopic (exact) mass is 308 g/mol. The molecule has 1 saturated heterocycles. The quantitative estimate of drug-likeness (QED) is 0.869. The summed E-state index contributed by atoms with van der Waals surface area (Å²) < 4.78 is 0. The highest BCUT2D eigenvalue weighted by molar-refractivity contribution is 6.19. The lowest BCUT2D eigenvalue weighted by atomic mass is 9.95. The van der Waals surface area contributed by atoms with Gasteiger partial charge in [0.15, 0.2) is 0 Å². The van der Waals surface area contributed by atoms with Gasteiger partial charge >= 0.3 is 0 Å². The average molecular weight is 309 g/mol. The van der Waals surface area contributed by atoms with Gasteiger partial charge in [0, 0.05) is 24.5 Å². The van der Waals surface area contributed by atoms with E-state index in [1.165, 1.54) is 0 Å². The van der Waals surface area contributed by atoms with Gasteiger partial charge in [0.05, 0.1) is 11.5 Å². The van der Waals surface area contributed by atoms with E-state index in [1.54, 1.807) is 18.7 Å². The number of nitrogens with zero attached hydrogens (tertiary/aromatic N) is 1. The van der Waals surface area contributed by atoms with Gasteiger partial charge in [-0.15, -0.1) is 11.6 Å². The second-order valence-electron chi connectivity index (χ2n) is 6.23. The molecule has 1 aliphatic heterocycles. The first-order valence-corrected chi connectivity index (χ1v) is 7.61. The van der Waals surface area contributed by atoms with Crippen molar-refractivity contribution >= 4 is 29.1 Å². The van der Waals surface area contributed by atoms with Crippen molar-refractivity contribution in [3.63, 3.8) is 0 Å². The number of rotatable bonds is 4. The van der Waals surface area contributed by atoms with Gasteiger partial charge in [-0.25, -0.2) is 0 Å². The van der Waals surface area contributed by atoms with Crippen LogP contribution >= 0.6 is 11.6 Å². The zero-order chi connectivity index (χ0) is 15.6. The van der Waals surface area contributed by atoms with Crippen LogP contribution in [0, 0.1) is 12.3 Å². The maximum atomic E-state index is 12.1. The van der Waals surface area contributed by atoms with Gasteiger partial charge in [-0.1, -0.05) is 17.7 Å². The summed E-state index contributed by atoms with van der Waals surface area (Å²) in [5, 5.41) is 2.93. The maximum Gasteiger partial charge on any atom is 0.229 e. The second kappa shape index (κ2) is 6.06. The molecule has 0 saturated carbocycles. The summed E-state index contributed by atoms with van der Waals surface area (Å²) in [5.41, 5.74) is 1.40. The Hall–Kier alpha value is -1.55. The second-order valence-corrected chi connectivity index (χ2v) is 6.50. The molecule has 1 aliphatic rings. The van der Waals surface area contributed by atoms with E-state index < -0.39 is 5.41 Å². The summed E-state index contributed by atoms with van der Waals surface area (Å²) in [6.07, 6.45) is 0.331. The van der Waals surface area contributed by atoms with Gasteiger partial charge in [-0.2, -0.15) is 0 Å². The Kier molecular flexibility index (Phi) is 4.57. The number of alkyl halides is 1. The van der Waals surface area contributed by atoms with E-state index in [0.29, 0.717) is 13.0 Å². The Morgan fingerprint density at radius 3 is 2.57 bits per heavy atom. The van der Waals surface area contributed by atoms with Gasteiger partial charge in [0.2, 0.25) is 11.8 Å². The molecule has 0 aliphatic carbocycles. The van der Waals surface area contributed by atoms with E-state index in [2.05, 4.69) is 5.32 Å². The van der Waals surface area contributed by atoms with E-state index >= 15 is 0 Å². The van der Waals surface area contributed by atoms with Crippen molar-refractivity contribution in [2.24, 2.45) is 5.41 Å². The van der Waals surface area contributed by atoms with Crippen LogP contribution in [0.5, 0.6) is 0 Å². The van der Waals surface area contributed by atoms with Crippen LogP contribution < -0.4 is 10.2 Å². The SMILES string of the molecule is Cc1ccc(N2CC(NC(=O)C(C)(C)CCl)CC2=O)cc1. The highest BCUT2D eigenvalue weighted by Crippen LogP contribution is 2.23. The van der Waals surface area contributed by atoms with E-state index in [9.17, 15) is 9.59 Å². The molecule has 1 aromatic rings. The Labute approximate surface area is 130 Å². The predicted octanol–water partition coefficient (Wildman–Crippen LogP) is 2.48. The lowest BCUT2D eigenvalue weighted by Gasteiger charge is -2.23. The number of hydrogen-bond acceptors (Lipinski definition) is 2. The summed E-state index contributed by atoms with van der Waals surface area (Å²) in [6, 6.07) is 7.66. The molecule has 0 aromatic heterocycles. The molecule has 5 heteroatoms. The number of benzene rings is 1. The predicted molar refractivity (Wildman–Crippen MR) is 84.6 cm³/mol. The van der Waals surface area contributed by atoms with Crippen LogP contribution in [0.15, 0.2) is 24.3 Å². The zero-order valence-electron chi connectivity index (χ0n) is 12.6. The van der Waals surface area contributed by atoms with Gasteiger partial charge in [-0.05, 0) is 32.9 Å². The van der Waals surface area contributed by atoms with Crippen LogP contribution in [0.3, 0.4) is 0 Å². The third kappa shape index (κ3) is 3.56. The zero-order valence-corrected chi connectivity index (χ0v) is 13.4. The van der Waals surface area contributed by atoms with Gasteiger partial charge in [-0.3, -0.25) is 9.59 Å². The number of anilines is 1. The smallest absolute Gasteiger partial charge is 0.229 e. The van der Waals surface area contributed by atoms with Crippen molar-refractivity contribution in [3.8, 4) is 0 Å². The van der Waals surface area contributed by atoms with Crippen LogP contribution in [0.25, 0.3) is 0 Å². The topological polar surface area (TPSA) is 49.4 Å². The number of carbonyl (C=O) groups excluding carboxylic acids is 2. The fourth-order valence-corrected chi connectivity index (χ4v) is 2.34. The van der Waals surface area contributed by atoms with Gasteiger partial charge < -0.3 is 10.2 Å². The molecule has 1 unspecified atom stereocenters. The molecule has 2 amide bonds. The summed E-state index contributed by atoms with van der Waals surface area (Å²) in [4.78, 5) is 26.0. The molecule has 114 valence electrons. The fourth-order valence-electron chi connectivity index (χ4n) is 2.22. The first kappa shape index (κ1) is 15.8. The minimum atomic E-state index is -0.623. The van der Waals surface area contributed by atoms with Gasteiger partial charge in [0.1, 0.15) is 0 Å². The number of halogens is 1. The molecule has 0 radical (unpaired) electrons. The molecular formula is C16H21ClN2O2. The number of nitrogens with one attached hydrogen (secondary N) is 1. The van der Waals surface area contributed by atoms with Crippen LogP contribution in [0.4, 0.5) is 5.69 Å². The summed E-state index contributed by atoms with van der Waals surface area (Å²) in [7, 11) is 0. The van der Waals surface area contributed by atoms with Crippen molar-refractivity contribution in [3.05, 3.63) is 29.8 Å². The molecule has 0 spiro atoms. The largest absolute Gasteiger partial charge is 0.351 e. The fraction of sp³-hybridized carbons (Fsp3) is 0.500. The molecule has 21 heavy (non-hydrogen) atoms. The van der Waals surface area contributed by atoms with E-state index in [0.717, 1.165) is 11.3 Å². The Morgan fingerprint density at radius 1 is 1.38 bits per heavy atom. The van der Waals surface area contributed by atoms with Crippen LogP contribution in [0.1, 0.15) is 25.8 Å². The summed E-state index contributed by atoms with van der Waals surface area (Å²) in [5.74, 6) is 0.176. The number of carbonyl (C=O) groups is 2. The molecule has 4 nitrogen and oxygen atoms in total. The Bertz CT molecular complexity index is 540. The van der Waals surface area contributed by atoms with Crippen LogP contribution in [-0.4, -0.2) is 30.3 Å². The number of aryl methyl sites for hydroxylation is 1. The molecule has 1 fully saturated rings. The first-order chi connectivity index (χ1) is 9.83. The Balaban J connectivity index is 2.03. The Morgan fingerprint density at radius 2 is 2.00 bits per heavy atom. The molecule has 1 atom stereocenters. The minimum absolute atomic E-state index is 0.0350. The standard InChI is InChI=1S/C16H21ClN2O2/c1-11-4-6-13(7-5-11)19-9-12(8-14(19)20)18-15(21)16(2,3)10-17/h4-7,12H,8-10H2,1-3H3,(H,18,21). The van der Waals surface area contributed by atoms with Crippen molar-refractivity contribution in [2.45, 2.75) is 33.2 Å². The first-order valence-electron chi connectivity index (χ1n) is 7.07. The van der Waals surface area contributed by atoms with Crippen molar-refractivity contribution in [1.29, 1.82) is 0 Å². The van der Waals surface area contributed by atoms with Gasteiger partial charge in [0.25, 0.3) is 0 Å². The number of amides is 2. The normalized spacial score (nSPS) is 19.0. The third-order valence-corrected chi connectivity index (χ3v) is 4.42. The van der Waals surface area contributed by atoms with E-state index in [1.807, 2.05) is 31.2 Å². The molecular weight excluding hydrogens is 288 g/mol. The molecule has 1 N–H and O–H groups in total. The molecule has 2 rings (SSSR count). The number of hydrogen-bond donors (Lipinski definition) is 1. The van der Waals surface area contributed by atoms with Crippen LogP contribution in [0.2, 0.25) is 0 Å². The van der Waals surface area contributed by atoms with Crippen molar-refractivity contribution in [1.82, 2.24) is 5.32 Å². The lowest BCUT2D eigenvalue weighted by molar-refractivity contribution is -0.128. The highest BCUT2D eigenvalue weighted by atomic mass is 35.5. The third-order valence-electron chi connectivity index (χ3n) is 3.75. The summed E-state index contributed by atoms with van der Waals surface area (Å²) >= 11 is 5.80. The van der Waals surface area contributed by atoms with E-state index in [4.69, 9.17) is 11.6 Å². The van der Waals surface area contributed by atoms with E-state index in [-0.39, 0.29) is 23.7 Å². The van der Waals surface area contributed by atoms with Crippen molar-refractivity contribution in [2.75, 3.05) is 17.3 Å². The summed E-state index contributed by atoms with van der Waals surface area (Å²) in [6.45, 7) is 6.10. The molecule has 1 heterocycles. The average Bonchev–Trinajstić information content (AvgIpc) is 2.80.